The molecule has 0 saturated carbocycles. The van der Waals surface area contributed by atoms with E-state index in [1.807, 2.05) is 46.9 Å². The SMILES string of the molecule is CCCOC1CCCN(C(=O)NCc2ccc(-n3ccnc3C)cc2)C1. The zero-order valence-corrected chi connectivity index (χ0v) is 15.6. The highest BCUT2D eigenvalue weighted by Crippen LogP contribution is 2.14. The first-order valence-electron chi connectivity index (χ1n) is 9.41. The highest BCUT2D eigenvalue weighted by Gasteiger charge is 2.23. The molecule has 0 aliphatic carbocycles. The number of carbonyl (C=O) groups is 1. The van der Waals surface area contributed by atoms with Crippen LogP contribution in [0.2, 0.25) is 0 Å². The number of carbonyl (C=O) groups excluding carboxylic acids is 1. The highest BCUT2D eigenvalue weighted by molar-refractivity contribution is 5.74. The molecule has 140 valence electrons. The molecule has 0 spiro atoms. The fourth-order valence-corrected chi connectivity index (χ4v) is 3.26. The summed E-state index contributed by atoms with van der Waals surface area (Å²) in [4.78, 5) is 18.5. The van der Waals surface area contributed by atoms with Crippen LogP contribution in [0.1, 0.15) is 37.6 Å². The van der Waals surface area contributed by atoms with Gasteiger partial charge in [0.1, 0.15) is 5.82 Å². The highest BCUT2D eigenvalue weighted by atomic mass is 16.5. The molecule has 0 bridgehead atoms. The number of ether oxygens (including phenoxy) is 1. The summed E-state index contributed by atoms with van der Waals surface area (Å²) in [6, 6.07) is 8.16. The molecule has 1 saturated heterocycles. The van der Waals surface area contributed by atoms with Crippen molar-refractivity contribution < 1.29 is 9.53 Å². The van der Waals surface area contributed by atoms with Gasteiger partial charge in [0.15, 0.2) is 0 Å². The lowest BCUT2D eigenvalue weighted by molar-refractivity contribution is 0.0100. The van der Waals surface area contributed by atoms with Crippen molar-refractivity contribution in [3.05, 3.63) is 48.0 Å². The summed E-state index contributed by atoms with van der Waals surface area (Å²) in [6.07, 6.45) is 6.96. The minimum absolute atomic E-state index is 0.00988. The summed E-state index contributed by atoms with van der Waals surface area (Å²) < 4.78 is 7.84. The maximum Gasteiger partial charge on any atom is 0.317 e. The van der Waals surface area contributed by atoms with E-state index in [9.17, 15) is 4.79 Å². The number of nitrogens with zero attached hydrogens (tertiary/aromatic N) is 3. The number of hydrogen-bond donors (Lipinski definition) is 1. The fourth-order valence-electron chi connectivity index (χ4n) is 3.26. The number of amides is 2. The second-order valence-electron chi connectivity index (χ2n) is 6.75. The third-order valence-electron chi connectivity index (χ3n) is 4.71. The number of rotatable bonds is 6. The van der Waals surface area contributed by atoms with E-state index in [1.54, 1.807) is 6.20 Å². The first kappa shape index (κ1) is 18.5. The lowest BCUT2D eigenvalue weighted by Crippen LogP contribution is -2.47. The third-order valence-corrected chi connectivity index (χ3v) is 4.71. The lowest BCUT2D eigenvalue weighted by Gasteiger charge is -2.32. The van der Waals surface area contributed by atoms with Crippen molar-refractivity contribution in [1.82, 2.24) is 19.8 Å². The van der Waals surface area contributed by atoms with E-state index in [0.29, 0.717) is 13.1 Å². The van der Waals surface area contributed by atoms with E-state index in [-0.39, 0.29) is 12.1 Å². The zero-order chi connectivity index (χ0) is 18.4. The molecule has 6 nitrogen and oxygen atoms in total. The van der Waals surface area contributed by atoms with Gasteiger partial charge in [-0.05, 0) is 43.9 Å². The van der Waals surface area contributed by atoms with Gasteiger partial charge < -0.3 is 19.5 Å². The molecule has 2 heterocycles. The molecule has 1 aromatic carbocycles. The summed E-state index contributed by atoms with van der Waals surface area (Å²) in [5.74, 6) is 0.955. The van der Waals surface area contributed by atoms with E-state index in [1.165, 1.54) is 0 Å². The Balaban J connectivity index is 1.50. The topological polar surface area (TPSA) is 59.4 Å². The molecular formula is C20H28N4O2. The molecule has 1 atom stereocenters. The Labute approximate surface area is 155 Å². The minimum Gasteiger partial charge on any atom is -0.376 e. The monoisotopic (exact) mass is 356 g/mol. The van der Waals surface area contributed by atoms with Crippen molar-refractivity contribution >= 4 is 6.03 Å². The van der Waals surface area contributed by atoms with Crippen molar-refractivity contribution in [1.29, 1.82) is 0 Å². The van der Waals surface area contributed by atoms with Crippen LogP contribution in [-0.2, 0) is 11.3 Å². The van der Waals surface area contributed by atoms with Gasteiger partial charge in [0.05, 0.1) is 6.10 Å². The van der Waals surface area contributed by atoms with Gasteiger partial charge in [0.2, 0.25) is 0 Å². The lowest BCUT2D eigenvalue weighted by atomic mass is 10.1. The quantitative estimate of drug-likeness (QED) is 0.864. The summed E-state index contributed by atoms with van der Waals surface area (Å²) in [6.45, 7) is 6.86. The molecule has 3 rings (SSSR count). The Kier molecular flexibility index (Phi) is 6.28. The number of imidazole rings is 1. The second kappa shape index (κ2) is 8.85. The van der Waals surface area contributed by atoms with E-state index in [2.05, 4.69) is 17.2 Å². The molecule has 6 heteroatoms. The molecule has 1 N–H and O–H groups in total. The van der Waals surface area contributed by atoms with Gasteiger partial charge in [-0.1, -0.05) is 19.1 Å². The smallest absolute Gasteiger partial charge is 0.317 e. The van der Waals surface area contributed by atoms with E-state index in [0.717, 1.165) is 49.5 Å². The van der Waals surface area contributed by atoms with Gasteiger partial charge in [0.25, 0.3) is 0 Å². The molecule has 1 aliphatic heterocycles. The van der Waals surface area contributed by atoms with Crippen LogP contribution in [0, 0.1) is 6.92 Å². The van der Waals surface area contributed by atoms with Gasteiger partial charge in [0, 0.05) is 44.3 Å². The summed E-state index contributed by atoms with van der Waals surface area (Å²) in [5.41, 5.74) is 2.15. The Bertz CT molecular complexity index is 711. The van der Waals surface area contributed by atoms with Crippen molar-refractivity contribution in [3.8, 4) is 5.69 Å². The first-order valence-corrected chi connectivity index (χ1v) is 9.41. The molecule has 1 aliphatic rings. The third kappa shape index (κ3) is 4.64. The molecular weight excluding hydrogens is 328 g/mol. The van der Waals surface area contributed by atoms with Gasteiger partial charge in [-0.2, -0.15) is 0 Å². The van der Waals surface area contributed by atoms with Gasteiger partial charge in [-0.15, -0.1) is 0 Å². The predicted octanol–water partition coefficient (Wildman–Crippen LogP) is 3.28. The number of urea groups is 1. The van der Waals surface area contributed by atoms with Crippen LogP contribution >= 0.6 is 0 Å². The van der Waals surface area contributed by atoms with Crippen molar-refractivity contribution in [2.75, 3.05) is 19.7 Å². The summed E-state index contributed by atoms with van der Waals surface area (Å²) in [7, 11) is 0. The molecule has 0 radical (unpaired) electrons. The van der Waals surface area contributed by atoms with Crippen LogP contribution < -0.4 is 5.32 Å². The molecule has 1 aromatic heterocycles. The summed E-state index contributed by atoms with van der Waals surface area (Å²) in [5, 5.41) is 3.02. The van der Waals surface area contributed by atoms with Crippen LogP contribution in [0.3, 0.4) is 0 Å². The second-order valence-corrected chi connectivity index (χ2v) is 6.75. The number of aromatic nitrogens is 2. The molecule has 2 amide bonds. The molecule has 1 unspecified atom stereocenters. The van der Waals surface area contributed by atoms with Gasteiger partial charge in [-0.3, -0.25) is 0 Å². The van der Waals surface area contributed by atoms with E-state index >= 15 is 0 Å². The van der Waals surface area contributed by atoms with Gasteiger partial charge >= 0.3 is 6.03 Å². The fraction of sp³-hybridized carbons (Fsp3) is 0.500. The average Bonchev–Trinajstić information content (AvgIpc) is 3.11. The van der Waals surface area contributed by atoms with Crippen molar-refractivity contribution in [3.63, 3.8) is 0 Å². The van der Waals surface area contributed by atoms with Crippen LogP contribution in [0.15, 0.2) is 36.7 Å². The maximum absolute atomic E-state index is 12.4. The maximum atomic E-state index is 12.4. The van der Waals surface area contributed by atoms with Crippen LogP contribution in [-0.4, -0.2) is 46.3 Å². The number of piperidine rings is 1. The summed E-state index contributed by atoms with van der Waals surface area (Å²) >= 11 is 0. The Morgan fingerprint density at radius 1 is 1.35 bits per heavy atom. The standard InChI is InChI=1S/C20H28N4O2/c1-3-13-26-19-5-4-11-23(15-19)20(25)22-14-17-6-8-18(9-7-17)24-12-10-21-16(24)2/h6-10,12,19H,3-5,11,13-15H2,1-2H3,(H,22,25). The van der Waals surface area contributed by atoms with Crippen molar-refractivity contribution in [2.45, 2.75) is 45.8 Å². The van der Waals surface area contributed by atoms with E-state index < -0.39 is 0 Å². The average molecular weight is 356 g/mol. The Hall–Kier alpha value is -2.34. The van der Waals surface area contributed by atoms with Crippen LogP contribution in [0.4, 0.5) is 4.79 Å². The Morgan fingerprint density at radius 2 is 2.15 bits per heavy atom. The van der Waals surface area contributed by atoms with E-state index in [4.69, 9.17) is 4.74 Å². The number of aryl methyl sites for hydroxylation is 1. The molecule has 2 aromatic rings. The van der Waals surface area contributed by atoms with Crippen molar-refractivity contribution in [2.24, 2.45) is 0 Å². The van der Waals surface area contributed by atoms with Crippen LogP contribution in [0.25, 0.3) is 5.69 Å². The number of hydrogen-bond acceptors (Lipinski definition) is 3. The van der Waals surface area contributed by atoms with Crippen LogP contribution in [0.5, 0.6) is 0 Å². The first-order chi connectivity index (χ1) is 12.7. The Morgan fingerprint density at radius 3 is 2.85 bits per heavy atom. The number of likely N-dealkylation sites (tertiary alicyclic amines) is 1. The number of benzene rings is 1. The molecule has 26 heavy (non-hydrogen) atoms. The number of nitrogens with one attached hydrogen (secondary N) is 1. The predicted molar refractivity (Wildman–Crippen MR) is 101 cm³/mol. The minimum atomic E-state index is -0.00988. The normalized spacial score (nSPS) is 17.3. The van der Waals surface area contributed by atoms with Gasteiger partial charge in [-0.25, -0.2) is 9.78 Å². The largest absolute Gasteiger partial charge is 0.376 e. The zero-order valence-electron chi connectivity index (χ0n) is 15.6. The molecule has 1 fully saturated rings.